The summed E-state index contributed by atoms with van der Waals surface area (Å²) < 4.78 is 9.31. The van der Waals surface area contributed by atoms with Gasteiger partial charge in [0, 0.05) is 26.2 Å². The number of hydrogen-bond acceptors (Lipinski definition) is 8. The number of nitrogens with zero attached hydrogens (tertiary/aromatic N) is 6. The van der Waals surface area contributed by atoms with Gasteiger partial charge in [0.15, 0.2) is 11.0 Å². The van der Waals surface area contributed by atoms with E-state index in [0.29, 0.717) is 22.4 Å². The zero-order valence-electron chi connectivity index (χ0n) is 12.3. The molecule has 0 spiro atoms. The van der Waals surface area contributed by atoms with Crippen LogP contribution in [0.3, 0.4) is 0 Å². The zero-order valence-corrected chi connectivity index (χ0v) is 13.9. The highest BCUT2D eigenvalue weighted by Gasteiger charge is 2.27. The molecule has 9 heteroatoms. The van der Waals surface area contributed by atoms with Gasteiger partial charge in [0.1, 0.15) is 16.6 Å². The molecule has 1 atom stereocenters. The van der Waals surface area contributed by atoms with Gasteiger partial charge in [0.2, 0.25) is 5.89 Å². The van der Waals surface area contributed by atoms with Crippen LogP contribution in [-0.4, -0.2) is 45.6 Å². The van der Waals surface area contributed by atoms with Crippen LogP contribution in [0, 0.1) is 18.3 Å². The third-order valence-electron chi connectivity index (χ3n) is 3.79. The smallest absolute Gasteiger partial charge is 0.243 e. The number of halogens is 1. The maximum absolute atomic E-state index is 9.18. The standard InChI is InChI=1S/C13H15ClN6OS/c1-8(12-16-9(2)17-21-12)19-3-5-20(6-4-19)13-10(7-15)11(14)18-22-13/h8H,3-6H2,1-2H3. The molecule has 1 unspecified atom stereocenters. The number of anilines is 1. The molecule has 0 amide bonds. The minimum Gasteiger partial charge on any atom is -0.358 e. The lowest BCUT2D eigenvalue weighted by Crippen LogP contribution is -2.47. The fraction of sp³-hybridized carbons (Fsp3) is 0.538. The summed E-state index contributed by atoms with van der Waals surface area (Å²) in [6.07, 6.45) is 0. The van der Waals surface area contributed by atoms with E-state index in [2.05, 4.69) is 37.3 Å². The van der Waals surface area contributed by atoms with Gasteiger partial charge < -0.3 is 9.42 Å². The largest absolute Gasteiger partial charge is 0.358 e. The molecule has 1 fully saturated rings. The van der Waals surface area contributed by atoms with Gasteiger partial charge in [-0.3, -0.25) is 4.90 Å². The third kappa shape index (κ3) is 2.79. The molecular formula is C13H15ClN6OS. The van der Waals surface area contributed by atoms with E-state index in [-0.39, 0.29) is 6.04 Å². The first-order valence-corrected chi connectivity index (χ1v) is 8.09. The molecule has 1 aliphatic rings. The lowest BCUT2D eigenvalue weighted by Gasteiger charge is -2.37. The van der Waals surface area contributed by atoms with Gasteiger partial charge in [0.05, 0.1) is 6.04 Å². The minimum absolute atomic E-state index is 0.0869. The molecule has 2 aromatic rings. The van der Waals surface area contributed by atoms with Gasteiger partial charge in [-0.15, -0.1) is 0 Å². The van der Waals surface area contributed by atoms with Gasteiger partial charge in [-0.2, -0.15) is 14.6 Å². The number of rotatable bonds is 3. The van der Waals surface area contributed by atoms with Crippen LogP contribution >= 0.6 is 23.1 Å². The average Bonchev–Trinajstić information content (AvgIpc) is 3.12. The summed E-state index contributed by atoms with van der Waals surface area (Å²) >= 11 is 7.22. The monoisotopic (exact) mass is 338 g/mol. The van der Waals surface area contributed by atoms with E-state index in [9.17, 15) is 5.26 Å². The van der Waals surface area contributed by atoms with E-state index in [1.54, 1.807) is 0 Å². The quantitative estimate of drug-likeness (QED) is 0.848. The zero-order chi connectivity index (χ0) is 15.7. The van der Waals surface area contributed by atoms with Crippen LogP contribution in [0.1, 0.15) is 30.2 Å². The Balaban J connectivity index is 1.66. The van der Waals surface area contributed by atoms with Crippen molar-refractivity contribution in [3.8, 4) is 6.07 Å². The molecule has 7 nitrogen and oxygen atoms in total. The predicted octanol–water partition coefficient (Wildman–Crippen LogP) is 2.24. The Morgan fingerprint density at radius 2 is 2.09 bits per heavy atom. The highest BCUT2D eigenvalue weighted by molar-refractivity contribution is 7.10. The van der Waals surface area contributed by atoms with Gasteiger partial charge in [0.25, 0.3) is 0 Å². The Morgan fingerprint density at radius 1 is 1.36 bits per heavy atom. The molecule has 1 aliphatic heterocycles. The van der Waals surface area contributed by atoms with Gasteiger partial charge >= 0.3 is 0 Å². The molecule has 2 aromatic heterocycles. The maximum atomic E-state index is 9.18. The van der Waals surface area contributed by atoms with Crippen molar-refractivity contribution in [2.24, 2.45) is 0 Å². The first-order chi connectivity index (χ1) is 10.6. The number of nitriles is 1. The Hall–Kier alpha value is -1.69. The number of aryl methyl sites for hydroxylation is 1. The first kappa shape index (κ1) is 15.2. The average molecular weight is 339 g/mol. The fourth-order valence-electron chi connectivity index (χ4n) is 2.52. The van der Waals surface area contributed by atoms with Crippen molar-refractivity contribution in [1.82, 2.24) is 19.4 Å². The normalized spacial score (nSPS) is 17.5. The molecule has 0 bridgehead atoms. The summed E-state index contributed by atoms with van der Waals surface area (Å²) in [4.78, 5) is 8.74. The number of hydrogen-bond donors (Lipinski definition) is 0. The molecule has 3 rings (SSSR count). The van der Waals surface area contributed by atoms with E-state index >= 15 is 0 Å². The molecule has 1 saturated heterocycles. The Kier molecular flexibility index (Phi) is 4.29. The maximum Gasteiger partial charge on any atom is 0.243 e. The second-order valence-corrected chi connectivity index (χ2v) is 6.25. The van der Waals surface area contributed by atoms with E-state index in [1.807, 2.05) is 6.92 Å². The third-order valence-corrected chi connectivity index (χ3v) is 5.08. The summed E-state index contributed by atoms with van der Waals surface area (Å²) in [5, 5.41) is 14.2. The van der Waals surface area contributed by atoms with E-state index in [0.717, 1.165) is 31.2 Å². The topological polar surface area (TPSA) is 82.1 Å². The van der Waals surface area contributed by atoms with Crippen molar-refractivity contribution in [2.75, 3.05) is 31.1 Å². The highest BCUT2D eigenvalue weighted by atomic mass is 35.5. The second kappa shape index (κ2) is 6.20. The molecule has 116 valence electrons. The van der Waals surface area contributed by atoms with Crippen LogP contribution in [0.4, 0.5) is 5.00 Å². The second-order valence-electron chi connectivity index (χ2n) is 5.14. The Labute approximate surface area is 137 Å². The van der Waals surface area contributed by atoms with Crippen LogP contribution in [0.15, 0.2) is 4.52 Å². The van der Waals surface area contributed by atoms with Crippen LogP contribution in [0.5, 0.6) is 0 Å². The van der Waals surface area contributed by atoms with Crippen molar-refractivity contribution in [1.29, 1.82) is 5.26 Å². The lowest BCUT2D eigenvalue weighted by atomic mass is 10.2. The van der Waals surface area contributed by atoms with Crippen molar-refractivity contribution in [3.05, 3.63) is 22.4 Å². The molecule has 22 heavy (non-hydrogen) atoms. The van der Waals surface area contributed by atoms with E-state index in [1.165, 1.54) is 11.5 Å². The number of piperazine rings is 1. The van der Waals surface area contributed by atoms with E-state index < -0.39 is 0 Å². The van der Waals surface area contributed by atoms with Crippen LogP contribution in [-0.2, 0) is 0 Å². The molecule has 0 saturated carbocycles. The summed E-state index contributed by atoms with van der Waals surface area (Å²) in [7, 11) is 0. The van der Waals surface area contributed by atoms with Crippen molar-refractivity contribution < 1.29 is 4.52 Å². The van der Waals surface area contributed by atoms with E-state index in [4.69, 9.17) is 16.1 Å². The Morgan fingerprint density at radius 3 is 2.68 bits per heavy atom. The summed E-state index contributed by atoms with van der Waals surface area (Å²) in [6.45, 7) is 7.20. The SMILES string of the molecule is Cc1noc(C(C)N2CCN(c3snc(Cl)c3C#N)CC2)n1. The molecule has 0 aromatic carbocycles. The van der Waals surface area contributed by atoms with Crippen LogP contribution in [0.2, 0.25) is 5.15 Å². The minimum atomic E-state index is 0.0869. The first-order valence-electron chi connectivity index (χ1n) is 6.94. The fourth-order valence-corrected chi connectivity index (χ4v) is 3.60. The summed E-state index contributed by atoms with van der Waals surface area (Å²) in [5.74, 6) is 1.29. The molecule has 0 aliphatic carbocycles. The summed E-state index contributed by atoms with van der Waals surface area (Å²) in [5.41, 5.74) is 0.473. The van der Waals surface area contributed by atoms with Gasteiger partial charge in [-0.1, -0.05) is 16.8 Å². The molecule has 0 N–H and O–H groups in total. The molecular weight excluding hydrogens is 324 g/mol. The summed E-state index contributed by atoms with van der Waals surface area (Å²) in [6, 6.07) is 2.22. The van der Waals surface area contributed by atoms with Crippen molar-refractivity contribution >= 4 is 28.1 Å². The van der Waals surface area contributed by atoms with Crippen molar-refractivity contribution in [3.63, 3.8) is 0 Å². The lowest BCUT2D eigenvalue weighted by molar-refractivity contribution is 0.164. The highest BCUT2D eigenvalue weighted by Crippen LogP contribution is 2.32. The molecule has 3 heterocycles. The van der Waals surface area contributed by atoms with Crippen molar-refractivity contribution in [2.45, 2.75) is 19.9 Å². The van der Waals surface area contributed by atoms with Gasteiger partial charge in [-0.05, 0) is 25.4 Å². The number of aromatic nitrogens is 3. The molecule has 0 radical (unpaired) electrons. The Bertz CT molecular complexity index is 700. The van der Waals surface area contributed by atoms with Crippen LogP contribution in [0.25, 0.3) is 0 Å². The predicted molar refractivity (Wildman–Crippen MR) is 83.1 cm³/mol. The van der Waals surface area contributed by atoms with Gasteiger partial charge in [-0.25, -0.2) is 0 Å². The van der Waals surface area contributed by atoms with Crippen LogP contribution < -0.4 is 4.90 Å².